The minimum Gasteiger partial charge on any atom is -0.466 e. The van der Waals surface area contributed by atoms with Gasteiger partial charge in [0.2, 0.25) is 0 Å². The van der Waals surface area contributed by atoms with Crippen molar-refractivity contribution in [3.63, 3.8) is 0 Å². The van der Waals surface area contributed by atoms with Gasteiger partial charge in [-0.25, -0.2) is 4.98 Å². The van der Waals surface area contributed by atoms with Gasteiger partial charge in [-0.1, -0.05) is 6.07 Å². The highest BCUT2D eigenvalue weighted by Gasteiger charge is 2.22. The Kier molecular flexibility index (Phi) is 4.13. The Balaban J connectivity index is 2.09. The summed E-state index contributed by atoms with van der Waals surface area (Å²) in [5.41, 5.74) is 1.65. The Morgan fingerprint density at radius 2 is 2.26 bits per heavy atom. The maximum absolute atomic E-state index is 11.2. The van der Waals surface area contributed by atoms with Crippen LogP contribution in [0.15, 0.2) is 29.0 Å². The van der Waals surface area contributed by atoms with E-state index in [2.05, 4.69) is 4.98 Å². The van der Waals surface area contributed by atoms with Gasteiger partial charge in [0.05, 0.1) is 19.1 Å². The largest absolute Gasteiger partial charge is 0.466 e. The SMILES string of the molecule is CCOC(=O)CC(O)C(O)c1ccc2ocnc2c1. The molecule has 1 aromatic heterocycles. The molecule has 0 aliphatic carbocycles. The summed E-state index contributed by atoms with van der Waals surface area (Å²) in [4.78, 5) is 15.2. The summed E-state index contributed by atoms with van der Waals surface area (Å²) >= 11 is 0. The van der Waals surface area contributed by atoms with E-state index in [0.717, 1.165) is 0 Å². The zero-order chi connectivity index (χ0) is 13.8. The molecule has 0 aliphatic rings. The third kappa shape index (κ3) is 3.10. The molecule has 2 atom stereocenters. The summed E-state index contributed by atoms with van der Waals surface area (Å²) in [6, 6.07) is 4.88. The number of rotatable bonds is 5. The van der Waals surface area contributed by atoms with Gasteiger partial charge in [0.25, 0.3) is 0 Å². The molecule has 0 amide bonds. The minimum atomic E-state index is -1.22. The van der Waals surface area contributed by atoms with E-state index in [1.165, 1.54) is 6.39 Å². The van der Waals surface area contributed by atoms with Crippen LogP contribution in [0, 0.1) is 0 Å². The van der Waals surface area contributed by atoms with Gasteiger partial charge >= 0.3 is 5.97 Å². The Bertz CT molecular complexity index is 565. The third-order valence-electron chi connectivity index (χ3n) is 2.74. The number of fused-ring (bicyclic) bond motifs is 1. The number of hydrogen-bond donors (Lipinski definition) is 2. The average molecular weight is 265 g/mol. The molecule has 0 spiro atoms. The van der Waals surface area contributed by atoms with Crippen molar-refractivity contribution in [2.75, 3.05) is 6.61 Å². The van der Waals surface area contributed by atoms with Crippen LogP contribution in [0.2, 0.25) is 0 Å². The lowest BCUT2D eigenvalue weighted by molar-refractivity contribution is -0.147. The number of aliphatic hydroxyl groups excluding tert-OH is 2. The molecule has 102 valence electrons. The Hall–Kier alpha value is -1.92. The highest BCUT2D eigenvalue weighted by Crippen LogP contribution is 2.23. The molecule has 1 aromatic carbocycles. The van der Waals surface area contributed by atoms with Crippen molar-refractivity contribution in [1.29, 1.82) is 0 Å². The number of benzene rings is 1. The van der Waals surface area contributed by atoms with Gasteiger partial charge in [-0.05, 0) is 24.6 Å². The van der Waals surface area contributed by atoms with Crippen LogP contribution in [0.1, 0.15) is 25.0 Å². The summed E-state index contributed by atoms with van der Waals surface area (Å²) in [7, 11) is 0. The summed E-state index contributed by atoms with van der Waals surface area (Å²) in [5.74, 6) is -0.545. The molecule has 6 heteroatoms. The molecule has 6 nitrogen and oxygen atoms in total. The number of aromatic nitrogens is 1. The molecule has 0 aliphatic heterocycles. The monoisotopic (exact) mass is 265 g/mol. The van der Waals surface area contributed by atoms with E-state index < -0.39 is 18.2 Å². The van der Waals surface area contributed by atoms with Crippen molar-refractivity contribution in [1.82, 2.24) is 4.98 Å². The molecule has 2 rings (SSSR count). The number of ether oxygens (including phenoxy) is 1. The van der Waals surface area contributed by atoms with Gasteiger partial charge in [-0.2, -0.15) is 0 Å². The van der Waals surface area contributed by atoms with Crippen molar-refractivity contribution < 1.29 is 24.2 Å². The molecule has 0 radical (unpaired) electrons. The van der Waals surface area contributed by atoms with Crippen molar-refractivity contribution in [3.8, 4) is 0 Å². The minimum absolute atomic E-state index is 0.243. The van der Waals surface area contributed by atoms with Gasteiger partial charge in [-0.15, -0.1) is 0 Å². The lowest BCUT2D eigenvalue weighted by Gasteiger charge is -2.17. The van der Waals surface area contributed by atoms with Crippen LogP contribution < -0.4 is 0 Å². The average Bonchev–Trinajstić information content (AvgIpc) is 2.85. The molecule has 2 aromatic rings. The number of carbonyl (C=O) groups excluding carboxylic acids is 1. The molecule has 0 saturated heterocycles. The van der Waals surface area contributed by atoms with Crippen LogP contribution in [-0.2, 0) is 9.53 Å². The maximum atomic E-state index is 11.2. The van der Waals surface area contributed by atoms with Crippen LogP contribution in [0.5, 0.6) is 0 Å². The number of esters is 1. The van der Waals surface area contributed by atoms with Gasteiger partial charge in [-0.3, -0.25) is 4.79 Å². The first-order valence-electron chi connectivity index (χ1n) is 5.96. The van der Waals surface area contributed by atoms with Crippen molar-refractivity contribution in [3.05, 3.63) is 30.2 Å². The van der Waals surface area contributed by atoms with Crippen molar-refractivity contribution in [2.24, 2.45) is 0 Å². The first-order valence-corrected chi connectivity index (χ1v) is 5.96. The molecule has 1 heterocycles. The third-order valence-corrected chi connectivity index (χ3v) is 2.74. The maximum Gasteiger partial charge on any atom is 0.308 e. The summed E-state index contributed by atoms with van der Waals surface area (Å²) < 4.78 is 9.80. The first-order chi connectivity index (χ1) is 9.11. The van der Waals surface area contributed by atoms with Gasteiger partial charge in [0.1, 0.15) is 11.6 Å². The first kappa shape index (κ1) is 13.5. The molecular weight excluding hydrogens is 250 g/mol. The molecule has 0 saturated carbocycles. The fraction of sp³-hybridized carbons (Fsp3) is 0.385. The van der Waals surface area contributed by atoms with Gasteiger partial charge in [0.15, 0.2) is 12.0 Å². The Morgan fingerprint density at radius 1 is 1.47 bits per heavy atom. The van der Waals surface area contributed by atoms with E-state index in [-0.39, 0.29) is 13.0 Å². The number of carbonyl (C=O) groups is 1. The lowest BCUT2D eigenvalue weighted by atomic mass is 10.0. The van der Waals surface area contributed by atoms with E-state index in [4.69, 9.17) is 9.15 Å². The predicted octanol–water partition coefficient (Wildman–Crippen LogP) is 1.18. The van der Waals surface area contributed by atoms with Crippen LogP contribution in [0.4, 0.5) is 0 Å². The molecule has 19 heavy (non-hydrogen) atoms. The summed E-state index contributed by atoms with van der Waals surface area (Å²) in [6.45, 7) is 1.92. The normalized spacial score (nSPS) is 14.3. The topological polar surface area (TPSA) is 92.8 Å². The van der Waals surface area contributed by atoms with E-state index in [1.807, 2.05) is 0 Å². The number of nitrogens with zero attached hydrogens (tertiary/aromatic N) is 1. The van der Waals surface area contributed by atoms with Gasteiger partial charge in [0, 0.05) is 0 Å². The molecule has 2 unspecified atom stereocenters. The second-order valence-electron chi connectivity index (χ2n) is 4.10. The van der Waals surface area contributed by atoms with Crippen molar-refractivity contribution >= 4 is 17.1 Å². The molecule has 2 N–H and O–H groups in total. The Labute approximate surface area is 109 Å². The fourth-order valence-corrected chi connectivity index (χ4v) is 1.78. The van der Waals surface area contributed by atoms with E-state index in [9.17, 15) is 15.0 Å². The fourth-order valence-electron chi connectivity index (χ4n) is 1.78. The molecule has 0 fully saturated rings. The zero-order valence-electron chi connectivity index (χ0n) is 10.4. The zero-order valence-corrected chi connectivity index (χ0v) is 10.4. The molecular formula is C13H15NO5. The van der Waals surface area contributed by atoms with E-state index in [0.29, 0.717) is 16.7 Å². The number of hydrogen-bond acceptors (Lipinski definition) is 6. The number of oxazole rings is 1. The van der Waals surface area contributed by atoms with Crippen LogP contribution in [0.3, 0.4) is 0 Å². The highest BCUT2D eigenvalue weighted by atomic mass is 16.5. The smallest absolute Gasteiger partial charge is 0.308 e. The van der Waals surface area contributed by atoms with Crippen LogP contribution >= 0.6 is 0 Å². The predicted molar refractivity (Wildman–Crippen MR) is 66.2 cm³/mol. The van der Waals surface area contributed by atoms with Crippen LogP contribution in [0.25, 0.3) is 11.1 Å². The van der Waals surface area contributed by atoms with Gasteiger partial charge < -0.3 is 19.4 Å². The standard InChI is InChI=1S/C13H15NO5/c1-2-18-12(16)6-10(15)13(17)8-3-4-11-9(5-8)14-7-19-11/h3-5,7,10,13,15,17H,2,6H2,1H3. The highest BCUT2D eigenvalue weighted by molar-refractivity contribution is 5.73. The van der Waals surface area contributed by atoms with E-state index >= 15 is 0 Å². The Morgan fingerprint density at radius 3 is 3.00 bits per heavy atom. The second kappa shape index (κ2) is 5.81. The second-order valence-corrected chi connectivity index (χ2v) is 4.10. The molecule has 0 bridgehead atoms. The summed E-state index contributed by atoms with van der Waals surface area (Å²) in [5, 5.41) is 19.8. The summed E-state index contributed by atoms with van der Waals surface area (Å²) in [6.07, 6.45) is -1.35. The number of aliphatic hydroxyl groups is 2. The van der Waals surface area contributed by atoms with E-state index in [1.54, 1.807) is 25.1 Å². The lowest BCUT2D eigenvalue weighted by Crippen LogP contribution is -2.23. The quantitative estimate of drug-likeness (QED) is 0.788. The van der Waals surface area contributed by atoms with Crippen molar-refractivity contribution in [2.45, 2.75) is 25.6 Å². The van der Waals surface area contributed by atoms with Crippen LogP contribution in [-0.4, -0.2) is 33.9 Å².